The number of benzene rings is 1. The van der Waals surface area contributed by atoms with Gasteiger partial charge in [-0.1, -0.05) is 35.3 Å². The van der Waals surface area contributed by atoms with Crippen molar-refractivity contribution in [1.29, 1.82) is 0 Å². The topological polar surface area (TPSA) is 24.9 Å². The van der Waals surface area contributed by atoms with Gasteiger partial charge in [0.2, 0.25) is 0 Å². The van der Waals surface area contributed by atoms with E-state index < -0.39 is 0 Å². The van der Waals surface area contributed by atoms with Crippen LogP contribution in [0.3, 0.4) is 0 Å². The summed E-state index contributed by atoms with van der Waals surface area (Å²) in [6, 6.07) is 6.42. The molecule has 1 atom stereocenters. The molecule has 2 nitrogen and oxygen atoms in total. The predicted octanol–water partition coefficient (Wildman–Crippen LogP) is 4.14. The molecular weight excluding hydrogens is 286 g/mol. The van der Waals surface area contributed by atoms with E-state index in [-0.39, 0.29) is 11.9 Å². The normalized spacial score (nSPS) is 12.5. The lowest BCUT2D eigenvalue weighted by Crippen LogP contribution is -2.19. The van der Waals surface area contributed by atoms with E-state index in [1.54, 1.807) is 26.1 Å². The Morgan fingerprint density at radius 3 is 2.58 bits per heavy atom. The van der Waals surface area contributed by atoms with Gasteiger partial charge in [0.05, 0.1) is 21.8 Å². The van der Waals surface area contributed by atoms with Gasteiger partial charge in [-0.2, -0.15) is 0 Å². The lowest BCUT2D eigenvalue weighted by atomic mass is 10.0. The van der Waals surface area contributed by atoms with Crippen LogP contribution in [0.5, 0.6) is 0 Å². The lowest BCUT2D eigenvalue weighted by Gasteiger charge is -2.18. The highest BCUT2D eigenvalue weighted by molar-refractivity contribution is 6.34. The molecule has 0 aliphatic heterocycles. The standard InChI is InChI=1S/C14H13Cl2FN2/c1-8-3-4-9(5-12(8)17)13(18-2)14-11(16)6-10(15)7-19-14/h3-7,13,18H,1-2H3. The van der Waals surface area contributed by atoms with Gasteiger partial charge >= 0.3 is 0 Å². The van der Waals surface area contributed by atoms with E-state index in [2.05, 4.69) is 10.3 Å². The third-order valence-electron chi connectivity index (χ3n) is 2.93. The van der Waals surface area contributed by atoms with Crippen LogP contribution in [0, 0.1) is 12.7 Å². The number of nitrogens with zero attached hydrogens (tertiary/aromatic N) is 1. The van der Waals surface area contributed by atoms with E-state index >= 15 is 0 Å². The highest BCUT2D eigenvalue weighted by atomic mass is 35.5. The van der Waals surface area contributed by atoms with Crippen molar-refractivity contribution in [2.75, 3.05) is 7.05 Å². The van der Waals surface area contributed by atoms with E-state index in [9.17, 15) is 4.39 Å². The number of aryl methyl sites for hydroxylation is 1. The minimum absolute atomic E-state index is 0.247. The third-order valence-corrected chi connectivity index (χ3v) is 3.44. The minimum Gasteiger partial charge on any atom is -0.308 e. The van der Waals surface area contributed by atoms with E-state index in [1.165, 1.54) is 12.3 Å². The Balaban J connectivity index is 2.46. The second-order valence-corrected chi connectivity index (χ2v) is 5.09. The summed E-state index contributed by atoms with van der Waals surface area (Å²) < 4.78 is 13.7. The highest BCUT2D eigenvalue weighted by Crippen LogP contribution is 2.28. The summed E-state index contributed by atoms with van der Waals surface area (Å²) in [4.78, 5) is 4.23. The molecule has 0 amide bonds. The molecule has 0 aliphatic carbocycles. The highest BCUT2D eigenvalue weighted by Gasteiger charge is 2.18. The minimum atomic E-state index is -0.278. The number of nitrogens with one attached hydrogen (secondary N) is 1. The molecule has 1 aromatic carbocycles. The summed E-state index contributed by atoms with van der Waals surface area (Å²) >= 11 is 12.0. The van der Waals surface area contributed by atoms with Gasteiger partial charge in [0.25, 0.3) is 0 Å². The molecule has 1 heterocycles. The van der Waals surface area contributed by atoms with Gasteiger partial charge in [0.1, 0.15) is 5.82 Å². The van der Waals surface area contributed by atoms with Crippen LogP contribution in [0.4, 0.5) is 4.39 Å². The Labute approximate surface area is 121 Å². The second kappa shape index (κ2) is 5.87. The molecule has 2 aromatic rings. The molecule has 1 N–H and O–H groups in total. The molecule has 100 valence electrons. The van der Waals surface area contributed by atoms with Crippen molar-refractivity contribution >= 4 is 23.2 Å². The fourth-order valence-corrected chi connectivity index (χ4v) is 2.38. The van der Waals surface area contributed by atoms with E-state index in [0.29, 0.717) is 21.3 Å². The summed E-state index contributed by atoms with van der Waals surface area (Å²) in [6.07, 6.45) is 1.53. The van der Waals surface area contributed by atoms with Crippen molar-refractivity contribution in [2.24, 2.45) is 0 Å². The molecule has 19 heavy (non-hydrogen) atoms. The molecule has 0 saturated carbocycles. The lowest BCUT2D eigenvalue weighted by molar-refractivity contribution is 0.606. The average Bonchev–Trinajstić information content (AvgIpc) is 2.37. The molecule has 1 unspecified atom stereocenters. The maximum Gasteiger partial charge on any atom is 0.126 e. The van der Waals surface area contributed by atoms with Gasteiger partial charge in [-0.05, 0) is 37.2 Å². The largest absolute Gasteiger partial charge is 0.308 e. The fraction of sp³-hybridized carbons (Fsp3) is 0.214. The van der Waals surface area contributed by atoms with Crippen LogP contribution < -0.4 is 5.32 Å². The number of aromatic nitrogens is 1. The Bertz CT molecular complexity index is 602. The summed E-state index contributed by atoms with van der Waals surface area (Å²) in [6.45, 7) is 1.72. The first-order chi connectivity index (χ1) is 9.02. The van der Waals surface area contributed by atoms with Crippen molar-refractivity contribution < 1.29 is 4.39 Å². The molecule has 0 aliphatic rings. The van der Waals surface area contributed by atoms with E-state index in [1.807, 2.05) is 6.07 Å². The average molecular weight is 299 g/mol. The molecule has 2 rings (SSSR count). The number of pyridine rings is 1. The van der Waals surface area contributed by atoms with Crippen LogP contribution in [-0.4, -0.2) is 12.0 Å². The molecule has 0 saturated heterocycles. The van der Waals surface area contributed by atoms with Crippen molar-refractivity contribution in [1.82, 2.24) is 10.3 Å². The first kappa shape index (κ1) is 14.3. The van der Waals surface area contributed by atoms with E-state index in [0.717, 1.165) is 5.56 Å². The Hall–Kier alpha value is -1.16. The number of halogens is 3. The van der Waals surface area contributed by atoms with Crippen molar-refractivity contribution in [2.45, 2.75) is 13.0 Å². The number of rotatable bonds is 3. The molecule has 0 bridgehead atoms. The quantitative estimate of drug-likeness (QED) is 0.921. The molecule has 0 radical (unpaired) electrons. The zero-order chi connectivity index (χ0) is 14.0. The second-order valence-electron chi connectivity index (χ2n) is 4.25. The molecule has 1 aromatic heterocycles. The summed E-state index contributed by atoms with van der Waals surface area (Å²) in [5.41, 5.74) is 1.99. The van der Waals surface area contributed by atoms with Crippen LogP contribution >= 0.6 is 23.2 Å². The maximum atomic E-state index is 13.7. The van der Waals surface area contributed by atoms with Gasteiger partial charge in [-0.3, -0.25) is 4.98 Å². The van der Waals surface area contributed by atoms with Crippen LogP contribution in [0.15, 0.2) is 30.5 Å². The van der Waals surface area contributed by atoms with Crippen molar-refractivity contribution in [3.05, 3.63) is 63.1 Å². The number of hydrogen-bond donors (Lipinski definition) is 1. The SMILES string of the molecule is CNC(c1ccc(C)c(F)c1)c1ncc(Cl)cc1Cl. The Kier molecular flexibility index (Phi) is 4.40. The summed E-state index contributed by atoms with van der Waals surface area (Å²) in [5, 5.41) is 4.01. The molecule has 0 fully saturated rings. The van der Waals surface area contributed by atoms with Gasteiger partial charge in [-0.15, -0.1) is 0 Å². The van der Waals surface area contributed by atoms with Crippen LogP contribution in [0.1, 0.15) is 22.9 Å². The van der Waals surface area contributed by atoms with Gasteiger partial charge < -0.3 is 5.32 Å². The van der Waals surface area contributed by atoms with Gasteiger partial charge in [-0.25, -0.2) is 4.39 Å². The summed E-state index contributed by atoms with van der Waals surface area (Å²) in [7, 11) is 1.77. The van der Waals surface area contributed by atoms with Crippen molar-refractivity contribution in [3.8, 4) is 0 Å². The molecule has 5 heteroatoms. The smallest absolute Gasteiger partial charge is 0.126 e. The molecular formula is C14H13Cl2FN2. The monoisotopic (exact) mass is 298 g/mol. The Morgan fingerprint density at radius 1 is 1.26 bits per heavy atom. The van der Waals surface area contributed by atoms with E-state index in [4.69, 9.17) is 23.2 Å². The zero-order valence-corrected chi connectivity index (χ0v) is 12.1. The van der Waals surface area contributed by atoms with Crippen LogP contribution in [0.2, 0.25) is 10.0 Å². The van der Waals surface area contributed by atoms with Crippen LogP contribution in [0.25, 0.3) is 0 Å². The first-order valence-corrected chi connectivity index (χ1v) is 6.52. The van der Waals surface area contributed by atoms with Gasteiger partial charge in [0.15, 0.2) is 0 Å². The zero-order valence-electron chi connectivity index (χ0n) is 10.5. The summed E-state index contributed by atoms with van der Waals surface area (Å²) in [5.74, 6) is -0.247. The van der Waals surface area contributed by atoms with Crippen LogP contribution in [-0.2, 0) is 0 Å². The predicted molar refractivity (Wildman–Crippen MR) is 76.3 cm³/mol. The first-order valence-electron chi connectivity index (χ1n) is 5.77. The number of hydrogen-bond acceptors (Lipinski definition) is 2. The Morgan fingerprint density at radius 2 is 2.00 bits per heavy atom. The molecule has 0 spiro atoms. The fourth-order valence-electron chi connectivity index (χ4n) is 1.89. The third kappa shape index (κ3) is 3.06. The maximum absolute atomic E-state index is 13.7. The van der Waals surface area contributed by atoms with Crippen molar-refractivity contribution in [3.63, 3.8) is 0 Å². The van der Waals surface area contributed by atoms with Gasteiger partial charge in [0, 0.05) is 6.20 Å².